The number of nitrogens with two attached hydrogens (primary N) is 1. The van der Waals surface area contributed by atoms with Crippen molar-refractivity contribution >= 4 is 10.0 Å². The van der Waals surface area contributed by atoms with Crippen LogP contribution in [0.15, 0.2) is 0 Å². The summed E-state index contributed by atoms with van der Waals surface area (Å²) in [6.07, 6.45) is 3.16. The Hall–Kier alpha value is -0.130. The third-order valence-electron chi connectivity index (χ3n) is 2.10. The molecule has 1 rings (SSSR count). The maximum Gasteiger partial charge on any atom is 0.209 e. The molecule has 0 radical (unpaired) electrons. The molecule has 2 N–H and O–H groups in total. The molecule has 1 heterocycles. The van der Waals surface area contributed by atoms with Crippen LogP contribution in [-0.4, -0.2) is 38.7 Å². The van der Waals surface area contributed by atoms with Gasteiger partial charge in [-0.25, -0.2) is 13.6 Å². The molecule has 0 aromatic rings. The van der Waals surface area contributed by atoms with E-state index in [0.717, 1.165) is 19.6 Å². The lowest BCUT2D eigenvalue weighted by Gasteiger charge is -2.12. The van der Waals surface area contributed by atoms with Gasteiger partial charge in [0.05, 0.1) is 5.75 Å². The maximum atomic E-state index is 10.6. The summed E-state index contributed by atoms with van der Waals surface area (Å²) >= 11 is 0. The molecule has 1 fully saturated rings. The molecule has 0 atom stereocenters. The molecule has 0 amide bonds. The summed E-state index contributed by atoms with van der Waals surface area (Å²) in [6, 6.07) is 0. The van der Waals surface area contributed by atoms with Crippen molar-refractivity contribution in [1.29, 1.82) is 0 Å². The van der Waals surface area contributed by atoms with Gasteiger partial charge in [0.25, 0.3) is 0 Å². The summed E-state index contributed by atoms with van der Waals surface area (Å²) in [4.78, 5) is 2.28. The average Bonchev–Trinajstić information content (AvgIpc) is 2.36. The lowest BCUT2D eigenvalue weighted by Crippen LogP contribution is -2.24. The first-order chi connectivity index (χ1) is 5.58. The van der Waals surface area contributed by atoms with E-state index in [1.165, 1.54) is 12.8 Å². The van der Waals surface area contributed by atoms with Gasteiger partial charge in [0.1, 0.15) is 0 Å². The molecule has 1 saturated heterocycles. The average molecular weight is 192 g/mol. The number of hydrogen-bond donors (Lipinski definition) is 1. The molecule has 5 heteroatoms. The van der Waals surface area contributed by atoms with Gasteiger partial charge in [0.2, 0.25) is 10.0 Å². The van der Waals surface area contributed by atoms with Crippen LogP contribution >= 0.6 is 0 Å². The van der Waals surface area contributed by atoms with Crippen LogP contribution in [-0.2, 0) is 10.0 Å². The van der Waals surface area contributed by atoms with Crippen molar-refractivity contribution in [3.05, 3.63) is 0 Å². The van der Waals surface area contributed by atoms with E-state index in [2.05, 4.69) is 4.90 Å². The van der Waals surface area contributed by atoms with Gasteiger partial charge in [0.15, 0.2) is 0 Å². The van der Waals surface area contributed by atoms with Gasteiger partial charge in [-0.3, -0.25) is 0 Å². The molecule has 0 unspecified atom stereocenters. The van der Waals surface area contributed by atoms with Crippen LogP contribution in [0.1, 0.15) is 19.3 Å². The topological polar surface area (TPSA) is 63.4 Å². The van der Waals surface area contributed by atoms with Gasteiger partial charge in [0, 0.05) is 0 Å². The highest BCUT2D eigenvalue weighted by atomic mass is 32.2. The molecule has 1 aliphatic rings. The van der Waals surface area contributed by atoms with Gasteiger partial charge >= 0.3 is 0 Å². The van der Waals surface area contributed by atoms with Crippen LogP contribution in [0.4, 0.5) is 0 Å². The minimum absolute atomic E-state index is 0.115. The lowest BCUT2D eigenvalue weighted by molar-refractivity contribution is 0.340. The Balaban J connectivity index is 2.09. The van der Waals surface area contributed by atoms with Gasteiger partial charge in [-0.2, -0.15) is 0 Å². The standard InChI is InChI=1S/C7H16N2O2S/c8-12(10,11)7-3-6-9-4-1-2-5-9/h1-7H2,(H2,8,10,11). The van der Waals surface area contributed by atoms with Crippen molar-refractivity contribution in [3.8, 4) is 0 Å². The minimum Gasteiger partial charge on any atom is -0.303 e. The fraction of sp³-hybridized carbons (Fsp3) is 1.00. The number of likely N-dealkylation sites (tertiary alicyclic amines) is 1. The number of rotatable bonds is 4. The monoisotopic (exact) mass is 192 g/mol. The smallest absolute Gasteiger partial charge is 0.209 e. The summed E-state index contributed by atoms with van der Waals surface area (Å²) < 4.78 is 21.1. The van der Waals surface area contributed by atoms with E-state index in [-0.39, 0.29) is 5.75 Å². The van der Waals surface area contributed by atoms with Gasteiger partial charge < -0.3 is 4.90 Å². The fourth-order valence-electron chi connectivity index (χ4n) is 1.50. The van der Waals surface area contributed by atoms with E-state index in [4.69, 9.17) is 5.14 Å². The fourth-order valence-corrected chi connectivity index (χ4v) is 2.03. The predicted octanol–water partition coefficient (Wildman–Crippen LogP) is -0.239. The minimum atomic E-state index is -3.24. The summed E-state index contributed by atoms with van der Waals surface area (Å²) in [6.45, 7) is 3.10. The third-order valence-corrected chi connectivity index (χ3v) is 2.96. The molecular weight excluding hydrogens is 176 g/mol. The van der Waals surface area contributed by atoms with Crippen molar-refractivity contribution < 1.29 is 8.42 Å². The molecule has 72 valence electrons. The normalized spacial score (nSPS) is 20.1. The van der Waals surface area contributed by atoms with Crippen LogP contribution in [0.5, 0.6) is 0 Å². The second kappa shape index (κ2) is 4.20. The first kappa shape index (κ1) is 9.95. The molecule has 1 aliphatic heterocycles. The van der Waals surface area contributed by atoms with E-state index in [9.17, 15) is 8.42 Å². The quantitative estimate of drug-likeness (QED) is 0.668. The predicted molar refractivity (Wildman–Crippen MR) is 48.3 cm³/mol. The van der Waals surface area contributed by atoms with Gasteiger partial charge in [-0.05, 0) is 38.9 Å². The summed E-state index contributed by atoms with van der Waals surface area (Å²) in [5, 5.41) is 4.87. The molecule has 0 bridgehead atoms. The van der Waals surface area contributed by atoms with E-state index in [1.54, 1.807) is 0 Å². The van der Waals surface area contributed by atoms with Crippen LogP contribution in [0.25, 0.3) is 0 Å². The highest BCUT2D eigenvalue weighted by Gasteiger charge is 2.11. The molecule has 12 heavy (non-hydrogen) atoms. The summed E-state index contributed by atoms with van der Waals surface area (Å²) in [5.74, 6) is 0.115. The third kappa shape index (κ3) is 4.04. The first-order valence-electron chi connectivity index (χ1n) is 4.31. The molecule has 0 saturated carbocycles. The van der Waals surface area contributed by atoms with Gasteiger partial charge in [-0.15, -0.1) is 0 Å². The van der Waals surface area contributed by atoms with Crippen molar-refractivity contribution in [2.24, 2.45) is 5.14 Å². The molecule has 0 spiro atoms. The zero-order valence-corrected chi connectivity index (χ0v) is 8.02. The number of hydrogen-bond acceptors (Lipinski definition) is 3. The summed E-state index contributed by atoms with van der Waals surface area (Å²) in [7, 11) is -3.24. The summed E-state index contributed by atoms with van der Waals surface area (Å²) in [5.41, 5.74) is 0. The lowest BCUT2D eigenvalue weighted by atomic mass is 10.4. The Kier molecular flexibility index (Phi) is 3.49. The molecule has 4 nitrogen and oxygen atoms in total. The van der Waals surface area contributed by atoms with E-state index >= 15 is 0 Å². The SMILES string of the molecule is NS(=O)(=O)CCCN1CCCC1. The van der Waals surface area contributed by atoms with E-state index in [1.807, 2.05) is 0 Å². The molecule has 0 aromatic heterocycles. The zero-order chi connectivity index (χ0) is 9.03. The highest BCUT2D eigenvalue weighted by molar-refractivity contribution is 7.89. The van der Waals surface area contributed by atoms with Crippen molar-refractivity contribution in [2.45, 2.75) is 19.3 Å². The van der Waals surface area contributed by atoms with Gasteiger partial charge in [-0.1, -0.05) is 0 Å². The van der Waals surface area contributed by atoms with Crippen LogP contribution < -0.4 is 5.14 Å². The second-order valence-corrected chi connectivity index (χ2v) is 5.00. The Morgan fingerprint density at radius 1 is 1.25 bits per heavy atom. The number of nitrogens with zero attached hydrogens (tertiary/aromatic N) is 1. The molecule has 0 aliphatic carbocycles. The van der Waals surface area contributed by atoms with Crippen molar-refractivity contribution in [1.82, 2.24) is 4.90 Å². The van der Waals surface area contributed by atoms with Crippen LogP contribution in [0.2, 0.25) is 0 Å². The largest absolute Gasteiger partial charge is 0.303 e. The Bertz CT molecular complexity index is 220. The maximum absolute atomic E-state index is 10.6. The van der Waals surface area contributed by atoms with E-state index in [0.29, 0.717) is 6.42 Å². The number of sulfonamides is 1. The Morgan fingerprint density at radius 2 is 1.83 bits per heavy atom. The molecular formula is C7H16N2O2S. The first-order valence-corrected chi connectivity index (χ1v) is 6.02. The van der Waals surface area contributed by atoms with Crippen LogP contribution in [0.3, 0.4) is 0 Å². The van der Waals surface area contributed by atoms with Crippen molar-refractivity contribution in [2.75, 3.05) is 25.4 Å². The Morgan fingerprint density at radius 3 is 2.33 bits per heavy atom. The molecule has 0 aromatic carbocycles. The van der Waals surface area contributed by atoms with E-state index < -0.39 is 10.0 Å². The van der Waals surface area contributed by atoms with Crippen molar-refractivity contribution in [3.63, 3.8) is 0 Å². The second-order valence-electron chi connectivity index (χ2n) is 3.27. The Labute approximate surface area is 73.8 Å². The van der Waals surface area contributed by atoms with Crippen LogP contribution in [0, 0.1) is 0 Å². The zero-order valence-electron chi connectivity index (χ0n) is 7.20. The highest BCUT2D eigenvalue weighted by Crippen LogP contribution is 2.07. The number of primary sulfonamides is 1.